The van der Waals surface area contributed by atoms with Crippen LogP contribution < -0.4 is 15.0 Å². The average Bonchev–Trinajstić information content (AvgIpc) is 3.60. The summed E-state index contributed by atoms with van der Waals surface area (Å²) in [5.41, 5.74) is 1.31. The Morgan fingerprint density at radius 2 is 1.85 bits per heavy atom. The van der Waals surface area contributed by atoms with Gasteiger partial charge in [0.1, 0.15) is 12.4 Å². The third-order valence-corrected chi connectivity index (χ3v) is 8.04. The molecule has 2 unspecified atom stereocenters. The molecule has 6 nitrogen and oxygen atoms in total. The summed E-state index contributed by atoms with van der Waals surface area (Å²) in [6.45, 7) is 8.18. The number of anilines is 1. The van der Waals surface area contributed by atoms with Crippen LogP contribution in [0.5, 0.6) is 5.75 Å². The number of aliphatic hydroxyl groups is 1. The van der Waals surface area contributed by atoms with E-state index < -0.39 is 5.60 Å². The van der Waals surface area contributed by atoms with Crippen LogP contribution >= 0.6 is 11.6 Å². The van der Waals surface area contributed by atoms with E-state index in [4.69, 9.17) is 16.3 Å². The zero-order valence-corrected chi connectivity index (χ0v) is 23.8. The van der Waals surface area contributed by atoms with Gasteiger partial charge in [0, 0.05) is 31.4 Å². The van der Waals surface area contributed by atoms with Crippen LogP contribution in [0.1, 0.15) is 38.7 Å². The van der Waals surface area contributed by atoms with E-state index in [0.29, 0.717) is 17.2 Å². The lowest BCUT2D eigenvalue weighted by Crippen LogP contribution is -2.46. The molecule has 0 aliphatic carbocycles. The van der Waals surface area contributed by atoms with Crippen LogP contribution in [0.15, 0.2) is 60.7 Å². The smallest absolute Gasteiger partial charge is 0.225 e. The number of fused-ring (bicyclic) bond motifs is 1. The molecule has 39 heavy (non-hydrogen) atoms. The summed E-state index contributed by atoms with van der Waals surface area (Å²) < 4.78 is 5.71. The molecule has 0 radical (unpaired) electrons. The second kappa shape index (κ2) is 12.2. The summed E-state index contributed by atoms with van der Waals surface area (Å²) in [5.74, 6) is 0.667. The summed E-state index contributed by atoms with van der Waals surface area (Å²) >= 11 is 6.52. The number of hydrogen-bond donors (Lipinski definition) is 2. The van der Waals surface area contributed by atoms with Crippen molar-refractivity contribution in [1.29, 1.82) is 0 Å². The van der Waals surface area contributed by atoms with E-state index in [0.717, 1.165) is 44.7 Å². The Labute approximate surface area is 236 Å². The van der Waals surface area contributed by atoms with Crippen LogP contribution in [0, 0.1) is 5.92 Å². The van der Waals surface area contributed by atoms with Crippen LogP contribution in [-0.4, -0.2) is 66.9 Å². The molecule has 5 rings (SSSR count). The summed E-state index contributed by atoms with van der Waals surface area (Å²) in [4.78, 5) is 18.3. The monoisotopic (exact) mass is 549 g/mol. The normalized spacial score (nSPS) is 19.0. The molecule has 208 valence electrons. The molecule has 2 aliphatic heterocycles. The van der Waals surface area contributed by atoms with Crippen LogP contribution in [0.3, 0.4) is 0 Å². The third kappa shape index (κ3) is 7.44. The molecule has 0 aromatic heterocycles. The number of likely N-dealkylation sites (tertiary alicyclic amines) is 1. The zero-order chi connectivity index (χ0) is 27.4. The Balaban J connectivity index is 1.23. The molecule has 7 heteroatoms. The van der Waals surface area contributed by atoms with Crippen LogP contribution in [0.25, 0.3) is 10.8 Å². The van der Waals surface area contributed by atoms with Gasteiger partial charge >= 0.3 is 0 Å². The number of carbonyl (C=O) groups is 1. The number of amides is 1. The minimum atomic E-state index is -0.933. The number of benzene rings is 3. The summed E-state index contributed by atoms with van der Waals surface area (Å²) in [7, 11) is 0. The van der Waals surface area contributed by atoms with Crippen molar-refractivity contribution in [1.82, 2.24) is 10.2 Å². The molecule has 2 fully saturated rings. The second-order valence-electron chi connectivity index (χ2n) is 11.7. The first-order chi connectivity index (χ1) is 18.7. The summed E-state index contributed by atoms with van der Waals surface area (Å²) in [5, 5.41) is 16.3. The van der Waals surface area contributed by atoms with E-state index in [2.05, 4.69) is 57.6 Å². The number of hydrogen-bond acceptors (Lipinski definition) is 5. The molecule has 2 heterocycles. The van der Waals surface area contributed by atoms with E-state index in [1.807, 2.05) is 18.2 Å². The number of nitrogens with zero attached hydrogens (tertiary/aromatic N) is 2. The highest BCUT2D eigenvalue weighted by Gasteiger charge is 2.30. The van der Waals surface area contributed by atoms with Gasteiger partial charge in [0.25, 0.3) is 0 Å². The van der Waals surface area contributed by atoms with Gasteiger partial charge in [-0.3, -0.25) is 4.79 Å². The highest BCUT2D eigenvalue weighted by atomic mass is 35.5. The van der Waals surface area contributed by atoms with Gasteiger partial charge in [-0.2, -0.15) is 0 Å². The first-order valence-electron chi connectivity index (χ1n) is 14.1. The molecular weight excluding hydrogens is 510 g/mol. The van der Waals surface area contributed by atoms with Crippen molar-refractivity contribution in [3.8, 4) is 5.75 Å². The molecule has 0 spiro atoms. The van der Waals surface area contributed by atoms with E-state index in [1.165, 1.54) is 29.3 Å². The van der Waals surface area contributed by atoms with Gasteiger partial charge in [-0.25, -0.2) is 0 Å². The van der Waals surface area contributed by atoms with Gasteiger partial charge in [-0.05, 0) is 93.2 Å². The van der Waals surface area contributed by atoms with Crippen molar-refractivity contribution in [2.75, 3.05) is 44.2 Å². The van der Waals surface area contributed by atoms with E-state index in [-0.39, 0.29) is 24.5 Å². The molecular formula is C32H40ClN3O3. The Hall–Kier alpha value is -2.80. The topological polar surface area (TPSA) is 65.0 Å². The van der Waals surface area contributed by atoms with Gasteiger partial charge in [0.2, 0.25) is 5.91 Å². The fourth-order valence-corrected chi connectivity index (χ4v) is 5.92. The molecule has 2 N–H and O–H groups in total. The van der Waals surface area contributed by atoms with Crippen LogP contribution in [-0.2, 0) is 11.2 Å². The van der Waals surface area contributed by atoms with Crippen molar-refractivity contribution in [2.45, 2.75) is 51.2 Å². The molecule has 1 amide bonds. The van der Waals surface area contributed by atoms with E-state index >= 15 is 0 Å². The van der Waals surface area contributed by atoms with Gasteiger partial charge in [-0.1, -0.05) is 48.0 Å². The lowest BCUT2D eigenvalue weighted by Gasteiger charge is -2.26. The number of rotatable bonds is 10. The molecule has 3 aromatic rings. The molecule has 3 aromatic carbocycles. The number of ether oxygens (including phenoxy) is 1. The minimum Gasteiger partial charge on any atom is -0.489 e. The average molecular weight is 550 g/mol. The Bertz CT molecular complexity index is 1290. The van der Waals surface area contributed by atoms with Crippen molar-refractivity contribution in [3.63, 3.8) is 0 Å². The number of nitrogens with one attached hydrogen (secondary N) is 1. The van der Waals surface area contributed by atoms with Gasteiger partial charge in [0.05, 0.1) is 16.5 Å². The zero-order valence-electron chi connectivity index (χ0n) is 23.0. The largest absolute Gasteiger partial charge is 0.489 e. The first-order valence-corrected chi connectivity index (χ1v) is 14.5. The maximum atomic E-state index is 13.5. The summed E-state index contributed by atoms with van der Waals surface area (Å²) in [6.07, 6.45) is 3.98. The van der Waals surface area contributed by atoms with Gasteiger partial charge < -0.3 is 25.0 Å². The fraction of sp³-hybridized carbons (Fsp3) is 0.469. The summed E-state index contributed by atoms with van der Waals surface area (Å²) in [6, 6.07) is 20.7. The van der Waals surface area contributed by atoms with Crippen LogP contribution in [0.4, 0.5) is 5.69 Å². The van der Waals surface area contributed by atoms with Crippen molar-refractivity contribution in [3.05, 3.63) is 71.2 Å². The minimum absolute atomic E-state index is 0.00419. The molecule has 2 atom stereocenters. The highest BCUT2D eigenvalue weighted by molar-refractivity contribution is 6.32. The lowest BCUT2D eigenvalue weighted by atomic mass is 10.0. The highest BCUT2D eigenvalue weighted by Crippen LogP contribution is 2.29. The van der Waals surface area contributed by atoms with E-state index in [9.17, 15) is 9.90 Å². The second-order valence-corrected chi connectivity index (χ2v) is 12.2. The van der Waals surface area contributed by atoms with Gasteiger partial charge in [-0.15, -0.1) is 0 Å². The number of halogens is 1. The fourth-order valence-electron chi connectivity index (χ4n) is 5.67. The molecule has 0 bridgehead atoms. The number of carbonyl (C=O) groups excluding carboxylic acids is 1. The lowest BCUT2D eigenvalue weighted by molar-refractivity contribution is -0.125. The van der Waals surface area contributed by atoms with Crippen molar-refractivity contribution < 1.29 is 14.6 Å². The third-order valence-electron chi connectivity index (χ3n) is 7.74. The Morgan fingerprint density at radius 3 is 2.59 bits per heavy atom. The standard InChI is InChI=1S/C32H40ClN3O3/c1-32(2,38)22-39-30-12-9-23(18-29(30)33)17-27(21-35-14-5-6-15-35)34-31(37)26-13-16-36(20-26)28-11-10-24-7-3-4-8-25(24)19-28/h3-4,7-12,18-19,26-27,38H,5-6,13-17,20-22H2,1-2H3,(H,34,37). The quantitative estimate of drug-likeness (QED) is 0.360. The van der Waals surface area contributed by atoms with Crippen LogP contribution in [0.2, 0.25) is 5.02 Å². The SMILES string of the molecule is CC(C)(O)COc1ccc(CC(CN2CCCC2)NC(=O)C2CCN(c3ccc4ccccc4c3)C2)cc1Cl. The van der Waals surface area contributed by atoms with Crippen molar-refractivity contribution in [2.24, 2.45) is 5.92 Å². The predicted octanol–water partition coefficient (Wildman–Crippen LogP) is 5.29. The molecule has 0 saturated carbocycles. The van der Waals surface area contributed by atoms with Gasteiger partial charge in [0.15, 0.2) is 0 Å². The maximum Gasteiger partial charge on any atom is 0.225 e. The van der Waals surface area contributed by atoms with Crippen molar-refractivity contribution >= 4 is 34.0 Å². The Morgan fingerprint density at radius 1 is 1.08 bits per heavy atom. The maximum absolute atomic E-state index is 13.5. The Kier molecular flexibility index (Phi) is 8.65. The molecule has 2 aliphatic rings. The van der Waals surface area contributed by atoms with E-state index in [1.54, 1.807) is 13.8 Å². The molecule has 2 saturated heterocycles. The first kappa shape index (κ1) is 27.8. The predicted molar refractivity (Wildman–Crippen MR) is 159 cm³/mol.